The van der Waals surface area contributed by atoms with Gasteiger partial charge in [-0.2, -0.15) is 5.26 Å². The predicted octanol–water partition coefficient (Wildman–Crippen LogP) is 8.76. The topological polar surface area (TPSA) is 115 Å². The molecule has 4 heterocycles. The number of rotatable bonds is 8. The van der Waals surface area contributed by atoms with Crippen molar-refractivity contribution in [2.75, 3.05) is 30.3 Å². The molecule has 2 N–H and O–H groups in total. The van der Waals surface area contributed by atoms with Gasteiger partial charge in [0.1, 0.15) is 17.6 Å². The minimum Gasteiger partial charge on any atom is -0.373 e. The number of piperidine rings is 1. The number of carbonyl (C=O) groups excluding carboxylic acids is 1. The molecule has 1 amide bonds. The Morgan fingerprint density at radius 1 is 1.02 bits per heavy atom. The monoisotopic (exact) mass is 739 g/mol. The van der Waals surface area contributed by atoms with Crippen LogP contribution in [0.3, 0.4) is 0 Å². The Labute approximate surface area is 312 Å². The Kier molecular flexibility index (Phi) is 9.83. The van der Waals surface area contributed by atoms with E-state index in [1.165, 1.54) is 18.3 Å². The Bertz CT molecular complexity index is 2190. The van der Waals surface area contributed by atoms with Crippen molar-refractivity contribution in [3.8, 4) is 6.07 Å². The molecule has 5 aromatic rings. The molecule has 10 nitrogen and oxygen atoms in total. The van der Waals surface area contributed by atoms with Crippen LogP contribution in [0, 0.1) is 17.1 Å². The fraction of sp³-hybridized carbons (Fsp3) is 0.359. The molecule has 52 heavy (non-hydrogen) atoms. The van der Waals surface area contributed by atoms with Crippen LogP contribution < -0.4 is 10.6 Å². The summed E-state index contributed by atoms with van der Waals surface area (Å²) in [4.78, 5) is 22.3. The molecule has 2 unspecified atom stereocenters. The number of pyridine rings is 1. The van der Waals surface area contributed by atoms with Gasteiger partial charge >= 0.3 is 0 Å². The van der Waals surface area contributed by atoms with Gasteiger partial charge in [-0.1, -0.05) is 40.5 Å². The minimum atomic E-state index is -0.551. The smallest absolute Gasteiger partial charge is 0.254 e. The molecule has 0 bridgehead atoms. The molecule has 2 fully saturated rings. The Morgan fingerprint density at radius 2 is 1.79 bits per heavy atom. The van der Waals surface area contributed by atoms with Crippen LogP contribution in [0.2, 0.25) is 10.0 Å². The summed E-state index contributed by atoms with van der Waals surface area (Å²) >= 11 is 12.9. The maximum atomic E-state index is 14.0. The summed E-state index contributed by atoms with van der Waals surface area (Å²) in [5.41, 5.74) is 4.52. The molecule has 0 radical (unpaired) electrons. The van der Waals surface area contributed by atoms with Crippen molar-refractivity contribution < 1.29 is 9.18 Å². The van der Waals surface area contributed by atoms with E-state index in [2.05, 4.69) is 64.6 Å². The van der Waals surface area contributed by atoms with E-state index in [-0.39, 0.29) is 34.1 Å². The van der Waals surface area contributed by atoms with E-state index in [4.69, 9.17) is 23.2 Å². The number of aromatic nitrogens is 4. The second kappa shape index (κ2) is 14.3. The average molecular weight is 741 g/mol. The third-order valence-corrected chi connectivity index (χ3v) is 10.8. The van der Waals surface area contributed by atoms with Crippen molar-refractivity contribution in [3.63, 3.8) is 0 Å². The normalized spacial score (nSPS) is 17.4. The van der Waals surface area contributed by atoms with Crippen LogP contribution in [-0.4, -0.2) is 66.9 Å². The van der Waals surface area contributed by atoms with Crippen LogP contribution >= 0.6 is 23.2 Å². The Balaban J connectivity index is 1.27. The molecule has 7 rings (SSSR count). The lowest BCUT2D eigenvalue weighted by Gasteiger charge is -2.40. The number of benzene rings is 3. The van der Waals surface area contributed by atoms with Crippen LogP contribution in [0.4, 0.5) is 21.5 Å². The number of carbonyl (C=O) groups is 1. The highest BCUT2D eigenvalue weighted by Crippen LogP contribution is 2.38. The predicted molar refractivity (Wildman–Crippen MR) is 203 cm³/mol. The SMILES string of the molecule is CC1CCN1C(=O)c1cccc(C(Nc2cc(Cl)c3ncc(C#N)c(Nc4ccc(F)c(Cl)c4)c3c2)c2cn(C3CCN(C(C)(C)C)CC3)nn2)c1. The first-order valence-corrected chi connectivity index (χ1v) is 18.2. The molecule has 2 aliphatic rings. The first-order valence-electron chi connectivity index (χ1n) is 17.5. The van der Waals surface area contributed by atoms with Gasteiger partial charge in [0.25, 0.3) is 5.91 Å². The molecule has 268 valence electrons. The van der Waals surface area contributed by atoms with Gasteiger partial charge in [0.15, 0.2) is 0 Å². The van der Waals surface area contributed by atoms with Crippen LogP contribution in [0.1, 0.15) is 86.2 Å². The molecule has 13 heteroatoms. The van der Waals surface area contributed by atoms with Crippen molar-refractivity contribution in [1.29, 1.82) is 5.26 Å². The van der Waals surface area contributed by atoms with Gasteiger partial charge in [-0.05, 0) is 95.0 Å². The number of hydrogen-bond donors (Lipinski definition) is 2. The molecule has 2 aliphatic heterocycles. The maximum absolute atomic E-state index is 14.0. The summed E-state index contributed by atoms with van der Waals surface area (Å²) in [7, 11) is 0. The van der Waals surface area contributed by atoms with Crippen LogP contribution in [0.15, 0.2) is 67.0 Å². The largest absolute Gasteiger partial charge is 0.373 e. The first kappa shape index (κ1) is 35.6. The fourth-order valence-corrected chi connectivity index (χ4v) is 7.46. The highest BCUT2D eigenvalue weighted by Gasteiger charge is 2.31. The number of amides is 1. The molecule has 3 aromatic carbocycles. The molecule has 0 aliphatic carbocycles. The van der Waals surface area contributed by atoms with E-state index in [9.17, 15) is 14.4 Å². The van der Waals surface area contributed by atoms with Gasteiger partial charge in [0.05, 0.1) is 45.1 Å². The number of fused-ring (bicyclic) bond motifs is 1. The molecule has 0 spiro atoms. The second-order valence-electron chi connectivity index (χ2n) is 14.6. The number of nitrogens with zero attached hydrogens (tertiary/aromatic N) is 7. The van der Waals surface area contributed by atoms with E-state index >= 15 is 0 Å². The highest BCUT2D eigenvalue weighted by molar-refractivity contribution is 6.36. The number of nitriles is 1. The summed E-state index contributed by atoms with van der Waals surface area (Å²) in [6.07, 6.45) is 6.34. The lowest BCUT2D eigenvalue weighted by atomic mass is 9.97. The highest BCUT2D eigenvalue weighted by atomic mass is 35.5. The molecule has 2 saturated heterocycles. The van der Waals surface area contributed by atoms with Gasteiger partial charge in [-0.3, -0.25) is 14.7 Å². The lowest BCUT2D eigenvalue weighted by molar-refractivity contribution is 0.0502. The Morgan fingerprint density at radius 3 is 2.46 bits per heavy atom. The summed E-state index contributed by atoms with van der Waals surface area (Å²) in [6, 6.07) is 17.6. The van der Waals surface area contributed by atoms with Gasteiger partial charge in [0, 0.05) is 59.7 Å². The third kappa shape index (κ3) is 7.16. The summed E-state index contributed by atoms with van der Waals surface area (Å²) in [5.74, 6) is -0.556. The van der Waals surface area contributed by atoms with E-state index in [1.807, 2.05) is 46.1 Å². The van der Waals surface area contributed by atoms with Gasteiger partial charge < -0.3 is 15.5 Å². The Hall–Kier alpha value is -4.76. The molecule has 2 aromatic heterocycles. The molecule has 2 atom stereocenters. The number of hydrogen-bond acceptors (Lipinski definition) is 8. The minimum absolute atomic E-state index is 0.00548. The maximum Gasteiger partial charge on any atom is 0.254 e. The molecule has 0 saturated carbocycles. The number of nitrogens with one attached hydrogen (secondary N) is 2. The van der Waals surface area contributed by atoms with E-state index in [0.29, 0.717) is 44.2 Å². The van der Waals surface area contributed by atoms with Gasteiger partial charge in [-0.15, -0.1) is 5.10 Å². The van der Waals surface area contributed by atoms with E-state index in [0.717, 1.165) is 44.5 Å². The number of anilines is 3. The van der Waals surface area contributed by atoms with E-state index in [1.54, 1.807) is 12.1 Å². The van der Waals surface area contributed by atoms with Crippen molar-refractivity contribution >= 4 is 57.1 Å². The van der Waals surface area contributed by atoms with Crippen LogP contribution in [-0.2, 0) is 0 Å². The zero-order valence-corrected chi connectivity index (χ0v) is 31.0. The molecular formula is C39H40Cl2FN9O. The van der Waals surface area contributed by atoms with Gasteiger partial charge in [-0.25, -0.2) is 9.07 Å². The summed E-state index contributed by atoms with van der Waals surface area (Å²) in [5, 5.41) is 27.0. The number of likely N-dealkylation sites (tertiary alicyclic amines) is 2. The van der Waals surface area contributed by atoms with Crippen LogP contribution in [0.5, 0.6) is 0 Å². The van der Waals surface area contributed by atoms with E-state index < -0.39 is 11.9 Å². The quantitative estimate of drug-likeness (QED) is 0.162. The fourth-order valence-electron chi connectivity index (χ4n) is 7.01. The first-order chi connectivity index (χ1) is 24.9. The summed E-state index contributed by atoms with van der Waals surface area (Å²) < 4.78 is 15.9. The average Bonchev–Trinajstić information content (AvgIpc) is 3.61. The lowest BCUT2D eigenvalue weighted by Crippen LogP contribution is -2.49. The van der Waals surface area contributed by atoms with Gasteiger partial charge in [0.2, 0.25) is 0 Å². The van der Waals surface area contributed by atoms with Crippen molar-refractivity contribution in [2.45, 2.75) is 70.6 Å². The number of halogens is 3. The van der Waals surface area contributed by atoms with Crippen molar-refractivity contribution in [1.82, 2.24) is 29.8 Å². The third-order valence-electron chi connectivity index (χ3n) is 10.2. The van der Waals surface area contributed by atoms with Crippen molar-refractivity contribution in [3.05, 3.63) is 105 Å². The zero-order chi connectivity index (χ0) is 36.7. The zero-order valence-electron chi connectivity index (χ0n) is 29.5. The summed E-state index contributed by atoms with van der Waals surface area (Å²) in [6.45, 7) is 11.5. The standard InChI is InChI=1S/C39H40Cl2FN9O/c1-23-10-15-50(23)38(52)25-7-5-6-24(16-25)36(34-22-51(48-47-34)29-11-13-49(14-12-29)39(2,3)4)46-28-17-30-35(45-27-8-9-33(42)31(40)18-27)26(20-43)21-44-37(30)32(41)19-28/h5-9,16-19,21-23,29,36,46H,10-15H2,1-4H3,(H,44,45). The van der Waals surface area contributed by atoms with Crippen LogP contribution in [0.25, 0.3) is 10.9 Å². The molecular weight excluding hydrogens is 700 g/mol. The van der Waals surface area contributed by atoms with Crippen molar-refractivity contribution in [2.24, 2.45) is 0 Å². The second-order valence-corrected chi connectivity index (χ2v) is 15.4.